The molecule has 3 heteroatoms. The molecular weight excluding hydrogens is 250 g/mol. The molecule has 0 fully saturated rings. The van der Waals surface area contributed by atoms with Crippen LogP contribution < -0.4 is 5.32 Å². The van der Waals surface area contributed by atoms with Gasteiger partial charge in [0.1, 0.15) is 5.78 Å². The van der Waals surface area contributed by atoms with Crippen molar-refractivity contribution < 1.29 is 9.59 Å². The summed E-state index contributed by atoms with van der Waals surface area (Å²) < 4.78 is 0. The van der Waals surface area contributed by atoms with E-state index in [2.05, 4.69) is 11.4 Å². The number of hydrogen-bond acceptors (Lipinski definition) is 2. The fourth-order valence-electron chi connectivity index (χ4n) is 1.92. The number of benzene rings is 1. The first-order chi connectivity index (χ1) is 9.52. The summed E-state index contributed by atoms with van der Waals surface area (Å²) in [5, 5.41) is 2.91. The van der Waals surface area contributed by atoms with Gasteiger partial charge in [0, 0.05) is 24.4 Å². The van der Waals surface area contributed by atoms with Crippen LogP contribution in [0.5, 0.6) is 0 Å². The molecule has 0 saturated heterocycles. The third-order valence-corrected chi connectivity index (χ3v) is 3.28. The minimum absolute atomic E-state index is 0.0151. The van der Waals surface area contributed by atoms with Crippen molar-refractivity contribution >= 4 is 17.4 Å². The average Bonchev–Trinajstić information content (AvgIpc) is 2.43. The molecule has 3 nitrogen and oxygen atoms in total. The van der Waals surface area contributed by atoms with Crippen LogP contribution >= 0.6 is 0 Å². The molecule has 1 rings (SSSR count). The van der Waals surface area contributed by atoms with Gasteiger partial charge in [-0.1, -0.05) is 32.9 Å². The number of aryl methyl sites for hydroxylation is 1. The normalized spacial score (nSPS) is 10.6. The molecule has 0 aliphatic carbocycles. The highest BCUT2D eigenvalue weighted by Gasteiger charge is 2.07. The third-order valence-electron chi connectivity index (χ3n) is 3.28. The van der Waals surface area contributed by atoms with Crippen molar-refractivity contribution in [3.8, 4) is 0 Å². The summed E-state index contributed by atoms with van der Waals surface area (Å²) in [6.07, 6.45) is 4.21. The van der Waals surface area contributed by atoms with Crippen LogP contribution in [-0.2, 0) is 16.0 Å². The van der Waals surface area contributed by atoms with Gasteiger partial charge < -0.3 is 5.32 Å². The number of ketones is 1. The molecule has 0 bridgehead atoms. The van der Waals surface area contributed by atoms with E-state index >= 15 is 0 Å². The fraction of sp³-hybridized carbons (Fsp3) is 0.529. The highest BCUT2D eigenvalue weighted by molar-refractivity contribution is 5.92. The number of carbonyl (C=O) groups is 2. The zero-order chi connectivity index (χ0) is 15.0. The maximum Gasteiger partial charge on any atom is 0.226 e. The molecule has 0 atom stereocenters. The topological polar surface area (TPSA) is 46.2 Å². The number of unbranched alkanes of at least 4 members (excludes halogenated alkanes) is 1. The lowest BCUT2D eigenvalue weighted by Gasteiger charge is -2.09. The Balaban J connectivity index is 2.43. The fourth-order valence-corrected chi connectivity index (χ4v) is 1.92. The van der Waals surface area contributed by atoms with Crippen molar-refractivity contribution in [1.29, 1.82) is 0 Å². The van der Waals surface area contributed by atoms with Gasteiger partial charge in [0.25, 0.3) is 0 Å². The molecule has 0 aromatic heterocycles. The van der Waals surface area contributed by atoms with Crippen molar-refractivity contribution in [3.05, 3.63) is 29.8 Å². The minimum Gasteiger partial charge on any atom is -0.326 e. The maximum atomic E-state index is 11.6. The first-order valence-electron chi connectivity index (χ1n) is 7.44. The van der Waals surface area contributed by atoms with Gasteiger partial charge in [-0.2, -0.15) is 0 Å². The van der Waals surface area contributed by atoms with E-state index < -0.39 is 0 Å². The Morgan fingerprint density at radius 3 is 2.60 bits per heavy atom. The van der Waals surface area contributed by atoms with E-state index in [1.165, 1.54) is 5.56 Å². The largest absolute Gasteiger partial charge is 0.326 e. The Morgan fingerprint density at radius 1 is 1.20 bits per heavy atom. The number of amides is 1. The van der Waals surface area contributed by atoms with Crippen LogP contribution in [0.15, 0.2) is 24.3 Å². The highest BCUT2D eigenvalue weighted by Crippen LogP contribution is 2.14. The van der Waals surface area contributed by atoms with Gasteiger partial charge >= 0.3 is 0 Å². The third kappa shape index (κ3) is 6.00. The molecule has 1 N–H and O–H groups in total. The molecule has 20 heavy (non-hydrogen) atoms. The van der Waals surface area contributed by atoms with E-state index in [-0.39, 0.29) is 11.8 Å². The van der Waals surface area contributed by atoms with Crippen LogP contribution in [0.3, 0.4) is 0 Å². The molecule has 110 valence electrons. The standard InChI is InChI=1S/C17H25NO2/c1-4-16(19)11-6-5-8-14-9-7-10-15(12-14)18-17(20)13(2)3/h7,9-10,12-13H,4-6,8,11H2,1-3H3,(H,18,20). The molecule has 0 heterocycles. The van der Waals surface area contributed by atoms with Gasteiger partial charge in [-0.15, -0.1) is 0 Å². The second-order valence-corrected chi connectivity index (χ2v) is 5.44. The lowest BCUT2D eigenvalue weighted by atomic mass is 10.0. The summed E-state index contributed by atoms with van der Waals surface area (Å²) in [6.45, 7) is 5.66. The predicted octanol–water partition coefficient (Wildman–Crippen LogP) is 3.97. The maximum absolute atomic E-state index is 11.6. The van der Waals surface area contributed by atoms with Gasteiger partial charge in [-0.3, -0.25) is 9.59 Å². The van der Waals surface area contributed by atoms with Crippen LogP contribution in [0, 0.1) is 5.92 Å². The van der Waals surface area contributed by atoms with E-state index in [4.69, 9.17) is 0 Å². The molecule has 0 unspecified atom stereocenters. The predicted molar refractivity (Wildman–Crippen MR) is 82.8 cm³/mol. The molecule has 0 spiro atoms. The average molecular weight is 275 g/mol. The van der Waals surface area contributed by atoms with Crippen molar-refractivity contribution in [2.24, 2.45) is 5.92 Å². The van der Waals surface area contributed by atoms with Gasteiger partial charge in [0.15, 0.2) is 0 Å². The second kappa shape index (κ2) is 8.51. The first-order valence-corrected chi connectivity index (χ1v) is 7.44. The van der Waals surface area contributed by atoms with E-state index in [1.807, 2.05) is 39.0 Å². The molecule has 1 aromatic carbocycles. The Morgan fingerprint density at radius 2 is 1.95 bits per heavy atom. The molecule has 0 aliphatic rings. The molecule has 0 aliphatic heterocycles. The van der Waals surface area contributed by atoms with Crippen molar-refractivity contribution in [2.45, 2.75) is 52.9 Å². The van der Waals surface area contributed by atoms with E-state index in [9.17, 15) is 9.59 Å². The molecule has 1 aromatic rings. The number of Topliss-reactive ketones (excluding diaryl/α,β-unsaturated/α-hetero) is 1. The van der Waals surface area contributed by atoms with Crippen LogP contribution in [0.25, 0.3) is 0 Å². The summed E-state index contributed by atoms with van der Waals surface area (Å²) >= 11 is 0. The zero-order valence-electron chi connectivity index (χ0n) is 12.7. The second-order valence-electron chi connectivity index (χ2n) is 5.44. The lowest BCUT2D eigenvalue weighted by Crippen LogP contribution is -2.17. The van der Waals surface area contributed by atoms with Gasteiger partial charge in [-0.25, -0.2) is 0 Å². The zero-order valence-corrected chi connectivity index (χ0v) is 12.7. The van der Waals surface area contributed by atoms with Crippen LogP contribution in [-0.4, -0.2) is 11.7 Å². The van der Waals surface area contributed by atoms with E-state index in [0.717, 1.165) is 24.9 Å². The summed E-state index contributed by atoms with van der Waals surface area (Å²) in [7, 11) is 0. The van der Waals surface area contributed by atoms with Crippen LogP contribution in [0.4, 0.5) is 5.69 Å². The van der Waals surface area contributed by atoms with Gasteiger partial charge in [0.2, 0.25) is 5.91 Å². The van der Waals surface area contributed by atoms with Crippen LogP contribution in [0.2, 0.25) is 0 Å². The molecule has 0 saturated carbocycles. The Hall–Kier alpha value is -1.64. The molecule has 0 radical (unpaired) electrons. The number of nitrogens with one attached hydrogen (secondary N) is 1. The summed E-state index contributed by atoms with van der Waals surface area (Å²) in [5.41, 5.74) is 2.06. The van der Waals surface area contributed by atoms with E-state index in [1.54, 1.807) is 0 Å². The highest BCUT2D eigenvalue weighted by atomic mass is 16.1. The smallest absolute Gasteiger partial charge is 0.226 e. The molecular formula is C17H25NO2. The lowest BCUT2D eigenvalue weighted by molar-refractivity contribution is -0.119. The first kappa shape index (κ1) is 16.4. The Bertz CT molecular complexity index is 452. The number of rotatable bonds is 8. The monoisotopic (exact) mass is 275 g/mol. The van der Waals surface area contributed by atoms with Crippen LogP contribution in [0.1, 0.15) is 52.0 Å². The van der Waals surface area contributed by atoms with Gasteiger partial charge in [-0.05, 0) is 37.0 Å². The van der Waals surface area contributed by atoms with Crippen molar-refractivity contribution in [1.82, 2.24) is 0 Å². The quantitative estimate of drug-likeness (QED) is 0.730. The SMILES string of the molecule is CCC(=O)CCCCc1cccc(NC(=O)C(C)C)c1. The Labute approximate surface area is 121 Å². The molecule has 1 amide bonds. The summed E-state index contributed by atoms with van der Waals surface area (Å²) in [5.74, 6) is 0.359. The van der Waals surface area contributed by atoms with Crippen molar-refractivity contribution in [2.75, 3.05) is 5.32 Å². The number of carbonyl (C=O) groups excluding carboxylic acids is 2. The summed E-state index contributed by atoms with van der Waals surface area (Å²) in [6, 6.07) is 7.95. The number of hydrogen-bond donors (Lipinski definition) is 1. The van der Waals surface area contributed by atoms with Gasteiger partial charge in [0.05, 0.1) is 0 Å². The Kier molecular flexibility index (Phi) is 6.99. The van der Waals surface area contributed by atoms with E-state index in [0.29, 0.717) is 18.6 Å². The minimum atomic E-state index is -0.0151. The number of anilines is 1. The summed E-state index contributed by atoms with van der Waals surface area (Å²) in [4.78, 5) is 22.9. The van der Waals surface area contributed by atoms with Crippen molar-refractivity contribution in [3.63, 3.8) is 0 Å².